The molecular weight excluding hydrogens is 211 g/mol. The van der Waals surface area contributed by atoms with Crippen LogP contribution in [0.1, 0.15) is 16.8 Å². The van der Waals surface area contributed by atoms with E-state index in [-0.39, 0.29) is 30.5 Å². The Morgan fingerprint density at radius 1 is 1.44 bits per heavy atom. The molecule has 2 N–H and O–H groups in total. The van der Waals surface area contributed by atoms with Gasteiger partial charge in [0.2, 0.25) is 5.91 Å². The summed E-state index contributed by atoms with van der Waals surface area (Å²) >= 11 is 0. The Balaban J connectivity index is 2.27. The number of nitrogens with zero attached hydrogens (tertiary/aromatic N) is 1. The highest BCUT2D eigenvalue weighted by atomic mass is 19.1. The average molecular weight is 222 g/mol. The average Bonchev–Trinajstić information content (AvgIpc) is 2.58. The molecule has 1 aromatic rings. The van der Waals surface area contributed by atoms with E-state index in [1.807, 2.05) is 0 Å². The number of imide groups is 1. The Hall–Kier alpha value is -1.75. The highest BCUT2D eigenvalue weighted by Crippen LogP contribution is 2.15. The fraction of sp³-hybridized carbons (Fsp3) is 0.273. The standard InChI is InChI=1S/C11H11FN2O2/c12-9-4-2-1-3-8(9)11(16)14-6-7(13)5-10(14)15/h1-4,7H,5-6,13H2. The van der Waals surface area contributed by atoms with Crippen LogP contribution in [0.5, 0.6) is 0 Å². The number of benzene rings is 1. The van der Waals surface area contributed by atoms with E-state index in [4.69, 9.17) is 5.73 Å². The van der Waals surface area contributed by atoms with Crippen LogP contribution in [0.25, 0.3) is 0 Å². The van der Waals surface area contributed by atoms with Gasteiger partial charge in [0.15, 0.2) is 0 Å². The quantitative estimate of drug-likeness (QED) is 0.705. The van der Waals surface area contributed by atoms with Gasteiger partial charge >= 0.3 is 0 Å². The highest BCUT2D eigenvalue weighted by Gasteiger charge is 2.33. The monoisotopic (exact) mass is 222 g/mol. The number of carbonyl (C=O) groups is 2. The Kier molecular flexibility index (Phi) is 2.70. The van der Waals surface area contributed by atoms with Gasteiger partial charge in [-0.1, -0.05) is 12.1 Å². The molecule has 1 unspecified atom stereocenters. The zero-order valence-electron chi connectivity index (χ0n) is 8.52. The third-order valence-electron chi connectivity index (χ3n) is 2.50. The normalized spacial score (nSPS) is 20.2. The van der Waals surface area contributed by atoms with Gasteiger partial charge in [0.05, 0.1) is 5.56 Å². The third kappa shape index (κ3) is 1.81. The molecule has 0 aliphatic carbocycles. The zero-order chi connectivity index (χ0) is 11.7. The number of halogens is 1. The molecule has 1 atom stereocenters. The highest BCUT2D eigenvalue weighted by molar-refractivity contribution is 6.06. The summed E-state index contributed by atoms with van der Waals surface area (Å²) in [4.78, 5) is 24.2. The summed E-state index contributed by atoms with van der Waals surface area (Å²) < 4.78 is 13.3. The molecule has 1 aromatic carbocycles. The lowest BCUT2D eigenvalue weighted by atomic mass is 10.2. The van der Waals surface area contributed by atoms with Crippen molar-refractivity contribution in [2.45, 2.75) is 12.5 Å². The second-order valence-electron chi connectivity index (χ2n) is 3.75. The SMILES string of the molecule is NC1CC(=O)N(C(=O)c2ccccc2F)C1. The van der Waals surface area contributed by atoms with Gasteiger partial charge in [-0.2, -0.15) is 0 Å². The first-order chi connectivity index (χ1) is 7.59. The lowest BCUT2D eigenvalue weighted by Crippen LogP contribution is -2.34. The molecule has 0 saturated carbocycles. The summed E-state index contributed by atoms with van der Waals surface area (Å²) in [5.41, 5.74) is 5.47. The number of rotatable bonds is 1. The van der Waals surface area contributed by atoms with Gasteiger partial charge in [0.25, 0.3) is 5.91 Å². The maximum absolute atomic E-state index is 13.3. The van der Waals surface area contributed by atoms with Crippen LogP contribution < -0.4 is 5.73 Å². The number of hydrogen-bond donors (Lipinski definition) is 1. The minimum atomic E-state index is -0.624. The Morgan fingerprint density at radius 2 is 2.12 bits per heavy atom. The largest absolute Gasteiger partial charge is 0.326 e. The number of likely N-dealkylation sites (tertiary alicyclic amines) is 1. The zero-order valence-corrected chi connectivity index (χ0v) is 8.52. The Morgan fingerprint density at radius 3 is 2.69 bits per heavy atom. The molecule has 84 valence electrons. The van der Waals surface area contributed by atoms with Gasteiger partial charge in [-0.05, 0) is 12.1 Å². The number of hydrogen-bond acceptors (Lipinski definition) is 3. The lowest BCUT2D eigenvalue weighted by Gasteiger charge is -2.14. The minimum Gasteiger partial charge on any atom is -0.326 e. The van der Waals surface area contributed by atoms with Crippen LogP contribution in [-0.2, 0) is 4.79 Å². The molecule has 1 aliphatic heterocycles. The van der Waals surface area contributed by atoms with Gasteiger partial charge < -0.3 is 5.73 Å². The van der Waals surface area contributed by atoms with Crippen molar-refractivity contribution in [1.82, 2.24) is 4.90 Å². The van der Waals surface area contributed by atoms with Crippen molar-refractivity contribution in [1.29, 1.82) is 0 Å². The molecule has 5 heteroatoms. The Bertz CT molecular complexity index is 447. The van der Waals surface area contributed by atoms with E-state index in [1.54, 1.807) is 6.07 Å². The molecule has 0 aromatic heterocycles. The summed E-state index contributed by atoms with van der Waals surface area (Å²) in [5.74, 6) is -1.59. The maximum atomic E-state index is 13.3. The summed E-state index contributed by atoms with van der Waals surface area (Å²) in [6, 6.07) is 5.24. The van der Waals surface area contributed by atoms with Gasteiger partial charge in [-0.25, -0.2) is 4.39 Å². The first kappa shape index (κ1) is 10.8. The second kappa shape index (κ2) is 4.02. The van der Waals surface area contributed by atoms with E-state index < -0.39 is 11.7 Å². The number of nitrogens with two attached hydrogens (primary N) is 1. The predicted octanol–water partition coefficient (Wildman–Crippen LogP) is 0.525. The fourth-order valence-corrected chi connectivity index (χ4v) is 1.71. The van der Waals surface area contributed by atoms with Crippen LogP contribution in [0.15, 0.2) is 24.3 Å². The smallest absolute Gasteiger partial charge is 0.263 e. The predicted molar refractivity (Wildman–Crippen MR) is 55.0 cm³/mol. The first-order valence-electron chi connectivity index (χ1n) is 4.94. The van der Waals surface area contributed by atoms with Gasteiger partial charge in [-0.3, -0.25) is 14.5 Å². The van der Waals surface area contributed by atoms with E-state index in [2.05, 4.69) is 0 Å². The Labute approximate surface area is 91.8 Å². The van der Waals surface area contributed by atoms with E-state index in [9.17, 15) is 14.0 Å². The molecule has 0 bridgehead atoms. The van der Waals surface area contributed by atoms with Crippen LogP contribution >= 0.6 is 0 Å². The molecule has 1 saturated heterocycles. The van der Waals surface area contributed by atoms with E-state index in [0.29, 0.717) is 0 Å². The summed E-state index contributed by atoms with van der Waals surface area (Å²) in [6.07, 6.45) is 0.139. The number of carbonyl (C=O) groups excluding carboxylic acids is 2. The van der Waals surface area contributed by atoms with E-state index in [1.165, 1.54) is 18.2 Å². The van der Waals surface area contributed by atoms with Crippen molar-refractivity contribution in [2.75, 3.05) is 6.54 Å². The molecule has 1 fully saturated rings. The summed E-state index contributed by atoms with van der Waals surface area (Å²) in [6.45, 7) is 0.159. The van der Waals surface area contributed by atoms with Crippen LogP contribution in [0.3, 0.4) is 0 Å². The molecule has 1 aliphatic rings. The van der Waals surface area contributed by atoms with Gasteiger partial charge in [0.1, 0.15) is 5.82 Å². The maximum Gasteiger partial charge on any atom is 0.263 e. The van der Waals surface area contributed by atoms with Crippen molar-refractivity contribution in [3.8, 4) is 0 Å². The molecule has 16 heavy (non-hydrogen) atoms. The molecule has 1 heterocycles. The molecule has 0 spiro atoms. The molecule has 2 rings (SSSR count). The molecule has 2 amide bonds. The number of amides is 2. The molecular formula is C11H11FN2O2. The van der Waals surface area contributed by atoms with Crippen molar-refractivity contribution in [3.63, 3.8) is 0 Å². The fourth-order valence-electron chi connectivity index (χ4n) is 1.71. The third-order valence-corrected chi connectivity index (χ3v) is 2.50. The molecule has 4 nitrogen and oxygen atoms in total. The van der Waals surface area contributed by atoms with E-state index >= 15 is 0 Å². The van der Waals surface area contributed by atoms with Crippen LogP contribution in [-0.4, -0.2) is 29.3 Å². The topological polar surface area (TPSA) is 63.4 Å². The second-order valence-corrected chi connectivity index (χ2v) is 3.75. The van der Waals surface area contributed by atoms with E-state index in [0.717, 1.165) is 4.90 Å². The summed E-state index contributed by atoms with van der Waals surface area (Å²) in [7, 11) is 0. The van der Waals surface area contributed by atoms with Crippen molar-refractivity contribution in [3.05, 3.63) is 35.6 Å². The van der Waals surface area contributed by atoms with Gasteiger partial charge in [0, 0.05) is 19.0 Å². The van der Waals surface area contributed by atoms with Crippen LogP contribution in [0.2, 0.25) is 0 Å². The minimum absolute atomic E-state index is 0.0926. The van der Waals surface area contributed by atoms with Crippen LogP contribution in [0, 0.1) is 5.82 Å². The lowest BCUT2D eigenvalue weighted by molar-refractivity contribution is -0.125. The molecule has 0 radical (unpaired) electrons. The summed E-state index contributed by atoms with van der Waals surface area (Å²) in [5, 5.41) is 0. The van der Waals surface area contributed by atoms with Crippen molar-refractivity contribution >= 4 is 11.8 Å². The first-order valence-corrected chi connectivity index (χ1v) is 4.94. The van der Waals surface area contributed by atoms with Crippen LogP contribution in [0.4, 0.5) is 4.39 Å². The van der Waals surface area contributed by atoms with Crippen molar-refractivity contribution in [2.24, 2.45) is 5.73 Å². The van der Waals surface area contributed by atoms with Gasteiger partial charge in [-0.15, -0.1) is 0 Å². The van der Waals surface area contributed by atoms with Crippen molar-refractivity contribution < 1.29 is 14.0 Å².